The van der Waals surface area contributed by atoms with Crippen LogP contribution in [0.4, 0.5) is 11.4 Å². The molecule has 0 unspecified atom stereocenters. The molecule has 122 valence electrons. The van der Waals surface area contributed by atoms with Gasteiger partial charge in [0.05, 0.1) is 18.1 Å². The zero-order valence-electron chi connectivity index (χ0n) is 12.2. The summed E-state index contributed by atoms with van der Waals surface area (Å²) in [6.45, 7) is -0.0640. The van der Waals surface area contributed by atoms with Crippen molar-refractivity contribution in [2.45, 2.75) is 0 Å². The van der Waals surface area contributed by atoms with Gasteiger partial charge in [0.2, 0.25) is 0 Å². The lowest BCUT2D eigenvalue weighted by Crippen LogP contribution is -2.26. The molecule has 0 atom stereocenters. The smallest absolute Gasteiger partial charge is 0.269 e. The van der Waals surface area contributed by atoms with Gasteiger partial charge in [-0.2, -0.15) is 5.26 Å². The Balaban J connectivity index is 2.83. The van der Waals surface area contributed by atoms with Gasteiger partial charge in [0, 0.05) is 37.1 Å². The number of nitro benzene ring substituents is 1. The maximum atomic E-state index is 12.0. The maximum absolute atomic E-state index is 12.0. The van der Waals surface area contributed by atoms with Crippen LogP contribution in [-0.4, -0.2) is 52.2 Å². The zero-order chi connectivity index (χ0) is 17.2. The van der Waals surface area contributed by atoms with Crippen LogP contribution in [0, 0.1) is 21.4 Å². The minimum atomic E-state index is -0.692. The number of carbonyl (C=O) groups excluding carboxylic acids is 1. The quantitative estimate of drug-likeness (QED) is 0.269. The number of amides is 1. The fourth-order valence-corrected chi connectivity index (χ4v) is 1.68. The minimum absolute atomic E-state index is 0.115. The summed E-state index contributed by atoms with van der Waals surface area (Å²) in [6.07, 6.45) is 1.24. The number of rotatable bonds is 8. The number of nitrogens with zero attached hydrogens (tertiary/aromatic N) is 3. The molecule has 1 rings (SSSR count). The summed E-state index contributed by atoms with van der Waals surface area (Å²) in [5, 5.41) is 39.9. The lowest BCUT2D eigenvalue weighted by Gasteiger charge is -2.18. The van der Waals surface area contributed by atoms with Crippen molar-refractivity contribution < 1.29 is 19.9 Å². The van der Waals surface area contributed by atoms with Crippen molar-refractivity contribution in [3.63, 3.8) is 0 Å². The predicted molar refractivity (Wildman–Crippen MR) is 81.2 cm³/mol. The Bertz CT molecular complexity index is 615. The van der Waals surface area contributed by atoms with Crippen LogP contribution >= 0.6 is 0 Å². The van der Waals surface area contributed by atoms with Gasteiger partial charge in [0.15, 0.2) is 0 Å². The van der Waals surface area contributed by atoms with Gasteiger partial charge in [0.25, 0.3) is 11.6 Å². The average Bonchev–Trinajstić information content (AvgIpc) is 2.53. The van der Waals surface area contributed by atoms with Gasteiger partial charge in [0.1, 0.15) is 11.6 Å². The second-order valence-corrected chi connectivity index (χ2v) is 4.40. The molecule has 0 bridgehead atoms. The summed E-state index contributed by atoms with van der Waals surface area (Å²) in [5.41, 5.74) is -0.0287. The lowest BCUT2D eigenvalue weighted by molar-refractivity contribution is -0.384. The van der Waals surface area contributed by atoms with Gasteiger partial charge in [-0.25, -0.2) is 0 Å². The molecule has 0 aliphatic rings. The first-order valence-corrected chi connectivity index (χ1v) is 6.65. The van der Waals surface area contributed by atoms with Crippen molar-refractivity contribution in [2.24, 2.45) is 0 Å². The molecule has 9 nitrogen and oxygen atoms in total. The molecule has 3 N–H and O–H groups in total. The summed E-state index contributed by atoms with van der Waals surface area (Å²) in [4.78, 5) is 23.4. The van der Waals surface area contributed by atoms with Crippen molar-refractivity contribution in [2.75, 3.05) is 31.6 Å². The van der Waals surface area contributed by atoms with Gasteiger partial charge in [-0.15, -0.1) is 0 Å². The topological polar surface area (TPSA) is 140 Å². The van der Waals surface area contributed by atoms with E-state index in [1.54, 1.807) is 6.07 Å². The van der Waals surface area contributed by atoms with Crippen LogP contribution in [-0.2, 0) is 4.79 Å². The van der Waals surface area contributed by atoms with Crippen molar-refractivity contribution in [3.8, 4) is 6.07 Å². The van der Waals surface area contributed by atoms with Crippen LogP contribution in [0.3, 0.4) is 0 Å². The van der Waals surface area contributed by atoms with E-state index in [-0.39, 0.29) is 37.6 Å². The number of benzene rings is 1. The van der Waals surface area contributed by atoms with Crippen LogP contribution in [0.5, 0.6) is 0 Å². The van der Waals surface area contributed by atoms with Crippen LogP contribution in [0.1, 0.15) is 0 Å². The van der Waals surface area contributed by atoms with E-state index in [1.165, 1.54) is 35.4 Å². The van der Waals surface area contributed by atoms with Gasteiger partial charge < -0.3 is 20.4 Å². The first kappa shape index (κ1) is 18.1. The SMILES string of the molecule is N#C/C(=C/N(CCO)CCO)C(=O)Nc1ccc([N+](=O)[O-])cc1. The highest BCUT2D eigenvalue weighted by atomic mass is 16.6. The Kier molecular flexibility index (Phi) is 7.19. The summed E-state index contributed by atoms with van der Waals surface area (Å²) in [5.74, 6) is -0.692. The number of hydrogen-bond donors (Lipinski definition) is 3. The molecule has 1 aromatic carbocycles. The van der Waals surface area contributed by atoms with Gasteiger partial charge in [-0.1, -0.05) is 0 Å². The fourth-order valence-electron chi connectivity index (χ4n) is 1.68. The molecule has 0 heterocycles. The molecule has 0 aromatic heterocycles. The van der Waals surface area contributed by atoms with Crippen LogP contribution < -0.4 is 5.32 Å². The van der Waals surface area contributed by atoms with E-state index in [0.717, 1.165) is 0 Å². The third kappa shape index (κ3) is 5.74. The Hall–Kier alpha value is -2.96. The summed E-state index contributed by atoms with van der Waals surface area (Å²) >= 11 is 0. The third-order valence-electron chi connectivity index (χ3n) is 2.79. The van der Waals surface area contributed by atoms with Crippen LogP contribution in [0.15, 0.2) is 36.0 Å². The second kappa shape index (κ2) is 9.14. The van der Waals surface area contributed by atoms with E-state index in [1.807, 2.05) is 0 Å². The number of nitrogens with one attached hydrogen (secondary N) is 1. The van der Waals surface area contributed by atoms with Gasteiger partial charge in [-0.05, 0) is 12.1 Å². The van der Waals surface area contributed by atoms with Crippen LogP contribution in [0.25, 0.3) is 0 Å². The van der Waals surface area contributed by atoms with Gasteiger partial charge in [-0.3, -0.25) is 14.9 Å². The van der Waals surface area contributed by atoms with Crippen molar-refractivity contribution in [1.29, 1.82) is 5.26 Å². The van der Waals surface area contributed by atoms with Crippen molar-refractivity contribution in [1.82, 2.24) is 4.90 Å². The van der Waals surface area contributed by atoms with Crippen molar-refractivity contribution >= 4 is 17.3 Å². The largest absolute Gasteiger partial charge is 0.395 e. The fraction of sp³-hybridized carbons (Fsp3) is 0.286. The van der Waals surface area contributed by atoms with Gasteiger partial charge >= 0.3 is 0 Å². The molecule has 0 aliphatic heterocycles. The molecule has 0 aliphatic carbocycles. The van der Waals surface area contributed by atoms with E-state index < -0.39 is 10.8 Å². The molecule has 0 radical (unpaired) electrons. The van der Waals surface area contributed by atoms with E-state index >= 15 is 0 Å². The number of aliphatic hydroxyl groups excluding tert-OH is 2. The Morgan fingerprint density at radius 3 is 2.30 bits per heavy atom. The molecule has 9 heteroatoms. The monoisotopic (exact) mass is 320 g/mol. The maximum Gasteiger partial charge on any atom is 0.269 e. The van der Waals surface area contributed by atoms with E-state index in [4.69, 9.17) is 15.5 Å². The number of hydrogen-bond acceptors (Lipinski definition) is 7. The first-order valence-electron chi connectivity index (χ1n) is 6.65. The molecule has 1 aromatic rings. The van der Waals surface area contributed by atoms with E-state index in [0.29, 0.717) is 5.69 Å². The normalized spacial score (nSPS) is 10.7. The highest BCUT2D eigenvalue weighted by molar-refractivity contribution is 6.06. The third-order valence-corrected chi connectivity index (χ3v) is 2.79. The van der Waals surface area contributed by atoms with Crippen LogP contribution in [0.2, 0.25) is 0 Å². The molecular formula is C14H16N4O5. The number of nitro groups is 1. The zero-order valence-corrected chi connectivity index (χ0v) is 12.2. The summed E-state index contributed by atoms with van der Waals surface area (Å²) < 4.78 is 0. The first-order chi connectivity index (χ1) is 11.0. The summed E-state index contributed by atoms with van der Waals surface area (Å²) in [7, 11) is 0. The Morgan fingerprint density at radius 1 is 1.30 bits per heavy atom. The molecule has 0 spiro atoms. The number of aliphatic hydroxyl groups is 2. The molecular weight excluding hydrogens is 304 g/mol. The Labute approximate surface area is 132 Å². The molecule has 0 saturated carbocycles. The van der Waals surface area contributed by atoms with E-state index in [2.05, 4.69) is 5.32 Å². The standard InChI is InChI=1S/C14H16N4O5/c15-9-11(10-17(5-7-19)6-8-20)14(21)16-12-1-3-13(4-2-12)18(22)23/h1-4,10,19-20H,5-8H2,(H,16,21)/b11-10-. The Morgan fingerprint density at radius 2 is 1.87 bits per heavy atom. The highest BCUT2D eigenvalue weighted by Gasteiger charge is 2.12. The highest BCUT2D eigenvalue weighted by Crippen LogP contribution is 2.16. The molecule has 1 amide bonds. The molecule has 0 fully saturated rings. The van der Waals surface area contributed by atoms with E-state index in [9.17, 15) is 14.9 Å². The predicted octanol–water partition coefficient (Wildman–Crippen LogP) is 0.227. The number of nitriles is 1. The second-order valence-electron chi connectivity index (χ2n) is 4.40. The number of non-ortho nitro benzene ring substituents is 1. The minimum Gasteiger partial charge on any atom is -0.395 e. The molecule has 0 saturated heterocycles. The lowest BCUT2D eigenvalue weighted by atomic mass is 10.2. The number of anilines is 1. The average molecular weight is 320 g/mol. The number of carbonyl (C=O) groups is 1. The van der Waals surface area contributed by atoms with Crippen molar-refractivity contribution in [3.05, 3.63) is 46.2 Å². The summed E-state index contributed by atoms with van der Waals surface area (Å²) in [6, 6.07) is 6.90. The molecule has 23 heavy (non-hydrogen) atoms.